The molecular formula is C22H14N2. The molecule has 0 fully saturated rings. The van der Waals surface area contributed by atoms with Gasteiger partial charge in [0.2, 0.25) is 0 Å². The van der Waals surface area contributed by atoms with E-state index in [9.17, 15) is 0 Å². The summed E-state index contributed by atoms with van der Waals surface area (Å²) in [6.45, 7) is 0. The van der Waals surface area contributed by atoms with Gasteiger partial charge in [0.25, 0.3) is 0 Å². The van der Waals surface area contributed by atoms with Crippen molar-refractivity contribution in [1.82, 2.24) is 9.97 Å². The summed E-state index contributed by atoms with van der Waals surface area (Å²) in [6, 6.07) is 27.2. The van der Waals surface area contributed by atoms with E-state index in [0.29, 0.717) is 0 Å². The molecule has 0 N–H and O–H groups in total. The maximum Gasteiger partial charge on any atom is 0.160 e. The van der Waals surface area contributed by atoms with Crippen molar-refractivity contribution < 1.29 is 0 Å². The van der Waals surface area contributed by atoms with Gasteiger partial charge in [-0.25, -0.2) is 9.97 Å². The molecule has 0 radical (unpaired) electrons. The third-order valence-electron chi connectivity index (χ3n) is 4.50. The van der Waals surface area contributed by atoms with Crippen molar-refractivity contribution in [3.63, 3.8) is 0 Å². The van der Waals surface area contributed by atoms with Crippen molar-refractivity contribution in [2.75, 3.05) is 0 Å². The minimum atomic E-state index is 0.774. The van der Waals surface area contributed by atoms with Crippen LogP contribution in [0.1, 0.15) is 0 Å². The van der Waals surface area contributed by atoms with Crippen molar-refractivity contribution in [2.45, 2.75) is 0 Å². The van der Waals surface area contributed by atoms with E-state index >= 15 is 0 Å². The highest BCUT2D eigenvalue weighted by Crippen LogP contribution is 2.33. The van der Waals surface area contributed by atoms with Gasteiger partial charge in [0.15, 0.2) is 5.82 Å². The highest BCUT2D eigenvalue weighted by Gasteiger charge is 2.10. The summed E-state index contributed by atoms with van der Waals surface area (Å²) in [5.74, 6) is 0.774. The van der Waals surface area contributed by atoms with Gasteiger partial charge in [0.05, 0.1) is 5.52 Å². The molecule has 0 atom stereocenters. The van der Waals surface area contributed by atoms with Crippen LogP contribution in [0.5, 0.6) is 0 Å². The SMILES string of the molecule is c1ccc2nc(-c3cc4ccccc4c4ccccc34)ncc2c1. The fourth-order valence-electron chi connectivity index (χ4n) is 3.34. The number of hydrogen-bond acceptors (Lipinski definition) is 2. The van der Waals surface area contributed by atoms with E-state index in [2.05, 4.69) is 59.6 Å². The maximum atomic E-state index is 4.79. The van der Waals surface area contributed by atoms with Crippen molar-refractivity contribution in [2.24, 2.45) is 0 Å². The van der Waals surface area contributed by atoms with E-state index in [1.807, 2.05) is 30.5 Å². The van der Waals surface area contributed by atoms with Crippen LogP contribution in [0.25, 0.3) is 43.8 Å². The lowest BCUT2D eigenvalue weighted by molar-refractivity contribution is 1.23. The van der Waals surface area contributed by atoms with Gasteiger partial charge in [-0.3, -0.25) is 0 Å². The van der Waals surface area contributed by atoms with Crippen LogP contribution in [-0.2, 0) is 0 Å². The topological polar surface area (TPSA) is 25.8 Å². The summed E-state index contributed by atoms with van der Waals surface area (Å²) < 4.78 is 0. The zero-order valence-electron chi connectivity index (χ0n) is 13.0. The van der Waals surface area contributed by atoms with Gasteiger partial charge in [-0.15, -0.1) is 0 Å². The lowest BCUT2D eigenvalue weighted by Crippen LogP contribution is -1.91. The number of hydrogen-bond donors (Lipinski definition) is 0. The second-order valence-corrected chi connectivity index (χ2v) is 5.94. The van der Waals surface area contributed by atoms with Gasteiger partial charge in [-0.1, -0.05) is 66.7 Å². The molecular weight excluding hydrogens is 292 g/mol. The molecule has 2 heteroatoms. The lowest BCUT2D eigenvalue weighted by Gasteiger charge is -2.10. The van der Waals surface area contributed by atoms with Crippen LogP contribution in [0.4, 0.5) is 0 Å². The molecule has 0 unspecified atom stereocenters. The Kier molecular flexibility index (Phi) is 2.83. The fourth-order valence-corrected chi connectivity index (χ4v) is 3.34. The molecule has 0 aliphatic heterocycles. The van der Waals surface area contributed by atoms with E-state index in [0.717, 1.165) is 22.3 Å². The van der Waals surface area contributed by atoms with Gasteiger partial charge in [0, 0.05) is 17.1 Å². The molecule has 0 amide bonds. The van der Waals surface area contributed by atoms with Gasteiger partial charge < -0.3 is 0 Å². The van der Waals surface area contributed by atoms with Crippen LogP contribution in [0.2, 0.25) is 0 Å². The molecule has 5 aromatic rings. The first-order valence-corrected chi connectivity index (χ1v) is 8.03. The summed E-state index contributed by atoms with van der Waals surface area (Å²) in [6.07, 6.45) is 1.90. The predicted molar refractivity (Wildman–Crippen MR) is 100.0 cm³/mol. The molecule has 5 rings (SSSR count). The maximum absolute atomic E-state index is 4.79. The smallest absolute Gasteiger partial charge is 0.160 e. The zero-order valence-corrected chi connectivity index (χ0v) is 13.0. The van der Waals surface area contributed by atoms with Gasteiger partial charge in [0.1, 0.15) is 0 Å². The molecule has 2 nitrogen and oxygen atoms in total. The van der Waals surface area contributed by atoms with Crippen LogP contribution < -0.4 is 0 Å². The Bertz CT molecular complexity index is 1210. The Labute approximate surface area is 139 Å². The second kappa shape index (κ2) is 5.14. The highest BCUT2D eigenvalue weighted by atomic mass is 14.9. The Morgan fingerprint density at radius 3 is 2.12 bits per heavy atom. The molecule has 0 aliphatic carbocycles. The number of rotatable bonds is 1. The molecule has 0 saturated heterocycles. The summed E-state index contributed by atoms with van der Waals surface area (Å²) in [5.41, 5.74) is 2.05. The van der Waals surface area contributed by atoms with Gasteiger partial charge in [-0.05, 0) is 33.7 Å². The monoisotopic (exact) mass is 306 g/mol. The van der Waals surface area contributed by atoms with Crippen molar-refractivity contribution >= 4 is 32.4 Å². The zero-order chi connectivity index (χ0) is 15.9. The minimum absolute atomic E-state index is 0.774. The Morgan fingerprint density at radius 1 is 0.583 bits per heavy atom. The van der Waals surface area contributed by atoms with E-state index in [-0.39, 0.29) is 0 Å². The average molecular weight is 306 g/mol. The summed E-state index contributed by atoms with van der Waals surface area (Å²) in [7, 11) is 0. The van der Waals surface area contributed by atoms with E-state index < -0.39 is 0 Å². The minimum Gasteiger partial charge on any atom is -0.236 e. The van der Waals surface area contributed by atoms with Gasteiger partial charge in [-0.2, -0.15) is 0 Å². The van der Waals surface area contributed by atoms with Crippen molar-refractivity contribution in [1.29, 1.82) is 0 Å². The number of fused-ring (bicyclic) bond motifs is 4. The third kappa shape index (κ3) is 1.97. The summed E-state index contributed by atoms with van der Waals surface area (Å²) in [4.78, 5) is 9.41. The molecule has 0 spiro atoms. The third-order valence-corrected chi connectivity index (χ3v) is 4.50. The largest absolute Gasteiger partial charge is 0.236 e. The molecule has 112 valence electrons. The Morgan fingerprint density at radius 2 is 1.25 bits per heavy atom. The quantitative estimate of drug-likeness (QED) is 0.376. The first kappa shape index (κ1) is 13.2. The molecule has 4 aromatic carbocycles. The van der Waals surface area contributed by atoms with E-state index in [1.165, 1.54) is 21.5 Å². The van der Waals surface area contributed by atoms with Crippen molar-refractivity contribution in [3.8, 4) is 11.4 Å². The van der Waals surface area contributed by atoms with Crippen molar-refractivity contribution in [3.05, 3.63) is 85.1 Å². The number of aromatic nitrogens is 2. The predicted octanol–water partition coefficient (Wildman–Crippen LogP) is 5.60. The Hall–Kier alpha value is -3.26. The molecule has 24 heavy (non-hydrogen) atoms. The molecule has 1 heterocycles. The van der Waals surface area contributed by atoms with E-state index in [1.54, 1.807) is 0 Å². The van der Waals surface area contributed by atoms with Crippen LogP contribution in [-0.4, -0.2) is 9.97 Å². The molecule has 0 aliphatic rings. The van der Waals surface area contributed by atoms with Crippen LogP contribution in [0, 0.1) is 0 Å². The second-order valence-electron chi connectivity index (χ2n) is 5.94. The highest BCUT2D eigenvalue weighted by molar-refractivity contribution is 6.13. The van der Waals surface area contributed by atoms with E-state index in [4.69, 9.17) is 4.98 Å². The fraction of sp³-hybridized carbons (Fsp3) is 0. The average Bonchev–Trinajstić information content (AvgIpc) is 2.67. The molecule has 0 saturated carbocycles. The first-order chi connectivity index (χ1) is 11.9. The first-order valence-electron chi connectivity index (χ1n) is 8.03. The number of benzene rings is 4. The standard InChI is InChI=1S/C22H14N2/c1-3-9-17-15(7-1)13-20(19-11-5-4-10-18(17)19)22-23-14-16-8-2-6-12-21(16)24-22/h1-14H. The number of nitrogens with zero attached hydrogens (tertiary/aromatic N) is 2. The van der Waals surface area contributed by atoms with Crippen LogP contribution >= 0.6 is 0 Å². The number of para-hydroxylation sites is 1. The van der Waals surface area contributed by atoms with Gasteiger partial charge >= 0.3 is 0 Å². The summed E-state index contributed by atoms with van der Waals surface area (Å²) >= 11 is 0. The molecule has 0 bridgehead atoms. The summed E-state index contributed by atoms with van der Waals surface area (Å²) in [5, 5.41) is 5.96. The van der Waals surface area contributed by atoms with Crippen LogP contribution in [0.15, 0.2) is 85.1 Å². The Balaban J connectivity index is 1.89. The lowest BCUT2D eigenvalue weighted by atomic mass is 9.97. The molecule has 1 aromatic heterocycles. The van der Waals surface area contributed by atoms with Crippen LogP contribution in [0.3, 0.4) is 0 Å². The normalized spacial score (nSPS) is 11.3.